The number of aliphatic hydroxyl groups is 1. The second-order valence-corrected chi connectivity index (χ2v) is 6.11. The van der Waals surface area contributed by atoms with Gasteiger partial charge in [0, 0.05) is 12.1 Å². The van der Waals surface area contributed by atoms with Crippen LogP contribution in [-0.2, 0) is 24.9 Å². The number of nitrogens with zero attached hydrogens (tertiary/aromatic N) is 2. The van der Waals surface area contributed by atoms with E-state index in [1.165, 1.54) is 0 Å². The number of para-hydroxylation sites is 2. The predicted octanol–water partition coefficient (Wildman–Crippen LogP) is 2.57. The molecule has 0 aliphatic carbocycles. The summed E-state index contributed by atoms with van der Waals surface area (Å²) in [7, 11) is 1.72. The van der Waals surface area contributed by atoms with Gasteiger partial charge in [-0.15, -0.1) is 0 Å². The second-order valence-electron chi connectivity index (χ2n) is 5.70. The topological polar surface area (TPSA) is 56.4 Å². The highest BCUT2D eigenvalue weighted by Crippen LogP contribution is 2.16. The molecule has 3 aromatic rings. The molecule has 0 saturated heterocycles. The standard InChI is InChI=1S/C18H19ClN2O3/c1-20-16-8-4-5-9-17(16)21(18(20)23)10-14(22)12-24-11-13-6-2-3-7-15(13)19/h2-9,14,22H,10-12H2,1H3/t14-/m1/s1. The number of hydrogen-bond donors (Lipinski definition) is 1. The Morgan fingerprint density at radius 1 is 1.12 bits per heavy atom. The minimum Gasteiger partial charge on any atom is -0.389 e. The lowest BCUT2D eigenvalue weighted by Gasteiger charge is -2.12. The summed E-state index contributed by atoms with van der Waals surface area (Å²) in [6.07, 6.45) is -0.781. The van der Waals surface area contributed by atoms with Gasteiger partial charge in [-0.2, -0.15) is 0 Å². The summed E-state index contributed by atoms with van der Waals surface area (Å²) in [5.74, 6) is 0. The van der Waals surface area contributed by atoms with Gasteiger partial charge in [0.25, 0.3) is 0 Å². The van der Waals surface area contributed by atoms with E-state index in [1.807, 2.05) is 42.5 Å². The molecule has 0 saturated carbocycles. The first-order valence-electron chi connectivity index (χ1n) is 7.71. The van der Waals surface area contributed by atoms with Crippen LogP contribution in [0.15, 0.2) is 53.3 Å². The largest absolute Gasteiger partial charge is 0.389 e. The molecule has 1 atom stereocenters. The number of rotatable bonds is 6. The summed E-state index contributed by atoms with van der Waals surface area (Å²) in [6, 6.07) is 14.9. The Balaban J connectivity index is 1.65. The number of halogens is 1. The number of aryl methyl sites for hydroxylation is 1. The second kappa shape index (κ2) is 7.21. The van der Waals surface area contributed by atoms with Crippen molar-refractivity contribution < 1.29 is 9.84 Å². The molecule has 1 heterocycles. The average molecular weight is 347 g/mol. The maximum atomic E-state index is 12.3. The van der Waals surface area contributed by atoms with E-state index in [4.69, 9.17) is 16.3 Å². The summed E-state index contributed by atoms with van der Waals surface area (Å²) in [4.78, 5) is 12.3. The van der Waals surface area contributed by atoms with E-state index in [-0.39, 0.29) is 18.8 Å². The van der Waals surface area contributed by atoms with Crippen molar-refractivity contribution in [1.29, 1.82) is 0 Å². The Morgan fingerprint density at radius 3 is 2.54 bits per heavy atom. The Labute approximate surface area is 144 Å². The third-order valence-corrected chi connectivity index (χ3v) is 4.34. The third-order valence-electron chi connectivity index (χ3n) is 3.97. The molecular weight excluding hydrogens is 328 g/mol. The first-order valence-corrected chi connectivity index (χ1v) is 8.09. The van der Waals surface area contributed by atoms with Crippen LogP contribution in [0.25, 0.3) is 11.0 Å². The van der Waals surface area contributed by atoms with E-state index in [9.17, 15) is 9.90 Å². The zero-order valence-electron chi connectivity index (χ0n) is 13.4. The van der Waals surface area contributed by atoms with Crippen molar-refractivity contribution in [1.82, 2.24) is 9.13 Å². The molecule has 0 amide bonds. The van der Waals surface area contributed by atoms with Gasteiger partial charge in [0.1, 0.15) is 0 Å². The minimum absolute atomic E-state index is 0.126. The summed E-state index contributed by atoms with van der Waals surface area (Å²) < 4.78 is 8.68. The molecule has 3 rings (SSSR count). The van der Waals surface area contributed by atoms with E-state index in [0.29, 0.717) is 11.6 Å². The lowest BCUT2D eigenvalue weighted by atomic mass is 10.2. The summed E-state index contributed by atoms with van der Waals surface area (Å²) in [5, 5.41) is 10.9. The van der Waals surface area contributed by atoms with Crippen LogP contribution in [-0.4, -0.2) is 27.0 Å². The fraction of sp³-hybridized carbons (Fsp3) is 0.278. The molecule has 0 spiro atoms. The first-order chi connectivity index (χ1) is 11.6. The van der Waals surface area contributed by atoms with Gasteiger partial charge in [0.05, 0.1) is 36.9 Å². The zero-order chi connectivity index (χ0) is 17.1. The number of ether oxygens (including phenoxy) is 1. The molecule has 0 aliphatic rings. The van der Waals surface area contributed by atoms with Crippen molar-refractivity contribution in [2.75, 3.05) is 6.61 Å². The Morgan fingerprint density at radius 2 is 1.79 bits per heavy atom. The van der Waals surface area contributed by atoms with Crippen molar-refractivity contribution >= 4 is 22.6 Å². The van der Waals surface area contributed by atoms with Crippen LogP contribution in [0.2, 0.25) is 5.02 Å². The van der Waals surface area contributed by atoms with Crippen LogP contribution in [0.1, 0.15) is 5.56 Å². The Hall–Kier alpha value is -2.08. The van der Waals surface area contributed by atoms with Crippen LogP contribution < -0.4 is 5.69 Å². The molecule has 2 aromatic carbocycles. The Bertz CT molecular complexity index is 901. The van der Waals surface area contributed by atoms with Gasteiger partial charge < -0.3 is 9.84 Å². The molecule has 126 valence electrons. The highest BCUT2D eigenvalue weighted by atomic mass is 35.5. The average Bonchev–Trinajstić information content (AvgIpc) is 2.82. The van der Waals surface area contributed by atoms with Gasteiger partial charge in [-0.1, -0.05) is 41.9 Å². The highest BCUT2D eigenvalue weighted by Gasteiger charge is 2.14. The quantitative estimate of drug-likeness (QED) is 0.746. The zero-order valence-corrected chi connectivity index (χ0v) is 14.1. The monoisotopic (exact) mass is 346 g/mol. The van der Waals surface area contributed by atoms with Crippen molar-refractivity contribution in [3.8, 4) is 0 Å². The van der Waals surface area contributed by atoms with Gasteiger partial charge in [-0.3, -0.25) is 9.13 Å². The minimum atomic E-state index is -0.781. The van der Waals surface area contributed by atoms with Crippen LogP contribution in [0.5, 0.6) is 0 Å². The Kier molecular flexibility index (Phi) is 5.04. The van der Waals surface area contributed by atoms with E-state index in [0.717, 1.165) is 16.6 Å². The number of benzene rings is 2. The summed E-state index contributed by atoms with van der Waals surface area (Å²) in [6.45, 7) is 0.630. The van der Waals surface area contributed by atoms with Crippen LogP contribution in [0, 0.1) is 0 Å². The molecule has 1 N–H and O–H groups in total. The van der Waals surface area contributed by atoms with Crippen molar-refractivity contribution in [3.63, 3.8) is 0 Å². The van der Waals surface area contributed by atoms with Crippen molar-refractivity contribution in [2.45, 2.75) is 19.3 Å². The molecule has 0 aliphatic heterocycles. The number of aromatic nitrogens is 2. The van der Waals surface area contributed by atoms with Gasteiger partial charge in [0.15, 0.2) is 0 Å². The normalized spacial score (nSPS) is 12.6. The molecule has 24 heavy (non-hydrogen) atoms. The van der Waals surface area contributed by atoms with E-state index in [1.54, 1.807) is 22.2 Å². The van der Waals surface area contributed by atoms with Gasteiger partial charge in [0.2, 0.25) is 0 Å². The molecule has 0 unspecified atom stereocenters. The number of fused-ring (bicyclic) bond motifs is 1. The van der Waals surface area contributed by atoms with E-state index < -0.39 is 6.10 Å². The third kappa shape index (κ3) is 3.38. The molecule has 5 nitrogen and oxygen atoms in total. The fourth-order valence-corrected chi connectivity index (χ4v) is 2.91. The SMILES string of the molecule is Cn1c(=O)n(C[C@@H](O)COCc2ccccc2Cl)c2ccccc21. The molecule has 0 fully saturated rings. The summed E-state index contributed by atoms with van der Waals surface area (Å²) >= 11 is 6.07. The van der Waals surface area contributed by atoms with Gasteiger partial charge >= 0.3 is 5.69 Å². The fourth-order valence-electron chi connectivity index (χ4n) is 2.72. The lowest BCUT2D eigenvalue weighted by molar-refractivity contribution is 0.0204. The van der Waals surface area contributed by atoms with Crippen molar-refractivity contribution in [2.24, 2.45) is 7.05 Å². The smallest absolute Gasteiger partial charge is 0.328 e. The maximum Gasteiger partial charge on any atom is 0.328 e. The number of hydrogen-bond acceptors (Lipinski definition) is 3. The molecular formula is C18H19ClN2O3. The van der Waals surface area contributed by atoms with Crippen LogP contribution in [0.4, 0.5) is 0 Å². The molecule has 0 radical (unpaired) electrons. The number of aliphatic hydroxyl groups excluding tert-OH is 1. The van der Waals surface area contributed by atoms with E-state index >= 15 is 0 Å². The summed E-state index contributed by atoms with van der Waals surface area (Å²) in [5.41, 5.74) is 2.36. The maximum absolute atomic E-state index is 12.3. The van der Waals surface area contributed by atoms with Crippen LogP contribution in [0.3, 0.4) is 0 Å². The molecule has 1 aromatic heterocycles. The molecule has 0 bridgehead atoms. The highest BCUT2D eigenvalue weighted by molar-refractivity contribution is 6.31. The van der Waals surface area contributed by atoms with E-state index in [2.05, 4.69) is 0 Å². The number of imidazole rings is 1. The molecule has 6 heteroatoms. The van der Waals surface area contributed by atoms with Gasteiger partial charge in [-0.05, 0) is 23.8 Å². The van der Waals surface area contributed by atoms with Crippen molar-refractivity contribution in [3.05, 3.63) is 69.6 Å². The lowest BCUT2D eigenvalue weighted by Crippen LogP contribution is -2.30. The first kappa shape index (κ1) is 16.8. The predicted molar refractivity (Wildman–Crippen MR) is 94.3 cm³/mol. The van der Waals surface area contributed by atoms with Gasteiger partial charge in [-0.25, -0.2) is 4.79 Å². The van der Waals surface area contributed by atoms with Crippen LogP contribution >= 0.6 is 11.6 Å².